The van der Waals surface area contributed by atoms with Crippen molar-refractivity contribution in [3.63, 3.8) is 0 Å². The van der Waals surface area contributed by atoms with Gasteiger partial charge in [0, 0.05) is 55.6 Å². The summed E-state index contributed by atoms with van der Waals surface area (Å²) in [6.07, 6.45) is 1.87. The molecule has 0 radical (unpaired) electrons. The number of hydrogen-bond donors (Lipinski definition) is 0. The molecule has 0 fully saturated rings. The zero-order chi connectivity index (χ0) is 35.6. The second kappa shape index (κ2) is 12.1. The summed E-state index contributed by atoms with van der Waals surface area (Å²) in [5.74, 6) is 0.711. The lowest BCUT2D eigenvalue weighted by molar-refractivity contribution is 1.14. The molecule has 4 aromatic heterocycles. The molecule has 0 saturated carbocycles. The highest BCUT2D eigenvalue weighted by molar-refractivity contribution is 6.12. The van der Waals surface area contributed by atoms with E-state index in [-0.39, 0.29) is 0 Å². The van der Waals surface area contributed by atoms with Gasteiger partial charge in [-0.15, -0.1) is 0 Å². The summed E-state index contributed by atoms with van der Waals surface area (Å²) in [5.41, 5.74) is 12.8. The van der Waals surface area contributed by atoms with E-state index in [1.807, 2.05) is 36.5 Å². The number of hydrogen-bond acceptors (Lipinski definition) is 3. The smallest absolute Gasteiger partial charge is 0.160 e. The van der Waals surface area contributed by atoms with Gasteiger partial charge >= 0.3 is 0 Å². The van der Waals surface area contributed by atoms with Crippen LogP contribution in [0.3, 0.4) is 0 Å². The zero-order valence-electron chi connectivity index (χ0n) is 29.1. The van der Waals surface area contributed by atoms with Crippen LogP contribution in [-0.2, 0) is 0 Å². The van der Waals surface area contributed by atoms with E-state index >= 15 is 0 Å². The van der Waals surface area contributed by atoms with Crippen molar-refractivity contribution in [1.82, 2.24) is 24.1 Å². The summed E-state index contributed by atoms with van der Waals surface area (Å²) in [6.45, 7) is 0. The first kappa shape index (κ1) is 30.3. The van der Waals surface area contributed by atoms with E-state index in [1.165, 1.54) is 16.2 Å². The van der Waals surface area contributed by atoms with E-state index in [0.717, 1.165) is 77.8 Å². The third-order valence-corrected chi connectivity index (χ3v) is 10.6. The van der Waals surface area contributed by atoms with Crippen LogP contribution in [-0.4, -0.2) is 24.1 Å². The Hall–Kier alpha value is -7.37. The molecule has 0 amide bonds. The minimum Gasteiger partial charge on any atom is -0.309 e. The normalized spacial score (nSPS) is 11.7. The molecule has 0 saturated heterocycles. The molecule has 0 atom stereocenters. The highest BCUT2D eigenvalue weighted by atomic mass is 15.0. The van der Waals surface area contributed by atoms with Crippen molar-refractivity contribution in [3.05, 3.63) is 188 Å². The van der Waals surface area contributed by atoms with Crippen LogP contribution in [0.5, 0.6) is 0 Å². The topological polar surface area (TPSA) is 48.5 Å². The number of para-hydroxylation sites is 3. The maximum Gasteiger partial charge on any atom is 0.160 e. The van der Waals surface area contributed by atoms with Gasteiger partial charge in [0.2, 0.25) is 0 Å². The molecule has 5 nitrogen and oxygen atoms in total. The summed E-state index contributed by atoms with van der Waals surface area (Å²) in [5, 5.41) is 5.81. The van der Waals surface area contributed by atoms with Gasteiger partial charge in [-0.05, 0) is 90.0 Å². The summed E-state index contributed by atoms with van der Waals surface area (Å²) in [6, 6.07) is 64.2. The first-order valence-corrected chi connectivity index (χ1v) is 18.2. The molecule has 54 heavy (non-hydrogen) atoms. The minimum atomic E-state index is 0.711. The fourth-order valence-electron chi connectivity index (χ4n) is 8.07. The zero-order valence-corrected chi connectivity index (χ0v) is 29.1. The van der Waals surface area contributed by atoms with Crippen LogP contribution < -0.4 is 0 Å². The molecule has 0 aliphatic rings. The summed E-state index contributed by atoms with van der Waals surface area (Å²) >= 11 is 0. The second-order valence-electron chi connectivity index (χ2n) is 13.7. The molecular formula is C49H31N5. The van der Waals surface area contributed by atoms with Crippen LogP contribution in [0.25, 0.3) is 99.8 Å². The van der Waals surface area contributed by atoms with Gasteiger partial charge in [0.25, 0.3) is 0 Å². The Morgan fingerprint density at radius 2 is 0.981 bits per heavy atom. The quantitative estimate of drug-likeness (QED) is 0.181. The van der Waals surface area contributed by atoms with Gasteiger partial charge in [-0.1, -0.05) is 103 Å². The van der Waals surface area contributed by atoms with Gasteiger partial charge < -0.3 is 4.57 Å². The van der Waals surface area contributed by atoms with E-state index < -0.39 is 0 Å². The van der Waals surface area contributed by atoms with Crippen molar-refractivity contribution in [2.24, 2.45) is 0 Å². The minimum absolute atomic E-state index is 0.711. The Morgan fingerprint density at radius 3 is 1.83 bits per heavy atom. The van der Waals surface area contributed by atoms with E-state index in [1.54, 1.807) is 0 Å². The fraction of sp³-hybridized carbons (Fsp3) is 0. The van der Waals surface area contributed by atoms with Crippen LogP contribution in [0.15, 0.2) is 188 Å². The molecule has 7 aromatic carbocycles. The SMILES string of the molecule is c1ccc(-c2nc(-c3ccc(-n4c5ccccc5c5ccc(-c6ccc7c(c6)c6cccnc6n7-c6ccccc6)cc54)cc3)nc3ccccc23)cc1. The van der Waals surface area contributed by atoms with Gasteiger partial charge in [-0.25, -0.2) is 15.0 Å². The maximum atomic E-state index is 5.11. The van der Waals surface area contributed by atoms with Crippen LogP contribution in [0.4, 0.5) is 0 Å². The molecule has 11 rings (SSSR count). The van der Waals surface area contributed by atoms with Crippen molar-refractivity contribution in [3.8, 4) is 45.1 Å². The lowest BCUT2D eigenvalue weighted by atomic mass is 10.0. The Morgan fingerprint density at radius 1 is 0.352 bits per heavy atom. The van der Waals surface area contributed by atoms with Crippen molar-refractivity contribution in [2.45, 2.75) is 0 Å². The number of pyridine rings is 1. The van der Waals surface area contributed by atoms with Crippen molar-refractivity contribution in [2.75, 3.05) is 0 Å². The highest BCUT2D eigenvalue weighted by Crippen LogP contribution is 2.38. The average Bonchev–Trinajstić information content (AvgIpc) is 3.76. The first-order valence-electron chi connectivity index (χ1n) is 18.2. The molecule has 4 heterocycles. The Kier molecular flexibility index (Phi) is 6.79. The standard InChI is InChI=1S/C49H31N5/c1-3-12-32(13-4-1)47-41-17-7-9-19-43(41)51-48(52-47)33-21-25-37(26-22-33)53-44-20-10-8-16-38(44)39-27-23-35(31-46(39)53)34-24-28-45-42(30-34)40-18-11-29-50-49(40)54(45)36-14-5-2-6-15-36/h1-31H. The summed E-state index contributed by atoms with van der Waals surface area (Å²) in [7, 11) is 0. The molecule has 0 bridgehead atoms. The third kappa shape index (κ3) is 4.76. The number of rotatable bonds is 5. The third-order valence-electron chi connectivity index (χ3n) is 10.6. The molecule has 0 unspecified atom stereocenters. The van der Waals surface area contributed by atoms with Crippen LogP contribution >= 0.6 is 0 Å². The van der Waals surface area contributed by atoms with Gasteiger partial charge in [0.1, 0.15) is 5.65 Å². The molecule has 0 spiro atoms. The number of fused-ring (bicyclic) bond motifs is 7. The molecule has 0 aliphatic heterocycles. The van der Waals surface area contributed by atoms with Crippen molar-refractivity contribution < 1.29 is 0 Å². The van der Waals surface area contributed by atoms with Gasteiger partial charge in [-0.3, -0.25) is 4.57 Å². The first-order chi connectivity index (χ1) is 26.8. The number of aromatic nitrogens is 5. The van der Waals surface area contributed by atoms with Crippen LogP contribution in [0.2, 0.25) is 0 Å². The summed E-state index contributed by atoms with van der Waals surface area (Å²) < 4.78 is 4.63. The molecule has 0 aliphatic carbocycles. The maximum absolute atomic E-state index is 5.11. The van der Waals surface area contributed by atoms with Crippen LogP contribution in [0, 0.1) is 0 Å². The fourth-order valence-corrected chi connectivity index (χ4v) is 8.07. The van der Waals surface area contributed by atoms with Crippen molar-refractivity contribution in [1.29, 1.82) is 0 Å². The van der Waals surface area contributed by atoms with E-state index in [9.17, 15) is 0 Å². The molecule has 11 aromatic rings. The van der Waals surface area contributed by atoms with Gasteiger partial charge in [0.15, 0.2) is 5.82 Å². The second-order valence-corrected chi connectivity index (χ2v) is 13.7. The predicted octanol–water partition coefficient (Wildman–Crippen LogP) is 12.2. The Balaban J connectivity index is 1.04. The van der Waals surface area contributed by atoms with E-state index in [0.29, 0.717) is 5.82 Å². The average molecular weight is 690 g/mol. The molecule has 0 N–H and O–H groups in total. The van der Waals surface area contributed by atoms with Crippen molar-refractivity contribution >= 4 is 54.6 Å². The number of nitrogens with zero attached hydrogens (tertiary/aromatic N) is 5. The molecular weight excluding hydrogens is 659 g/mol. The largest absolute Gasteiger partial charge is 0.309 e. The lowest BCUT2D eigenvalue weighted by Gasteiger charge is -2.12. The van der Waals surface area contributed by atoms with E-state index in [2.05, 4.69) is 161 Å². The molecule has 252 valence electrons. The van der Waals surface area contributed by atoms with Crippen LogP contribution in [0.1, 0.15) is 0 Å². The van der Waals surface area contributed by atoms with Gasteiger partial charge in [-0.2, -0.15) is 0 Å². The summed E-state index contributed by atoms with van der Waals surface area (Å²) in [4.78, 5) is 14.9. The van der Waals surface area contributed by atoms with E-state index in [4.69, 9.17) is 15.0 Å². The number of benzene rings is 7. The monoisotopic (exact) mass is 689 g/mol. The predicted molar refractivity (Wildman–Crippen MR) is 222 cm³/mol. The van der Waals surface area contributed by atoms with Gasteiger partial charge in [0.05, 0.1) is 27.8 Å². The Labute approximate surface area is 311 Å². The Bertz CT molecular complexity index is 3200. The lowest BCUT2D eigenvalue weighted by Crippen LogP contribution is -1.97. The molecule has 5 heteroatoms. The highest BCUT2D eigenvalue weighted by Gasteiger charge is 2.17.